The molecule has 0 aliphatic carbocycles. The number of halogens is 1. The third-order valence-corrected chi connectivity index (χ3v) is 6.37. The van der Waals surface area contributed by atoms with Gasteiger partial charge in [-0.2, -0.15) is 0 Å². The van der Waals surface area contributed by atoms with Crippen molar-refractivity contribution >= 4 is 35.4 Å². The van der Waals surface area contributed by atoms with E-state index in [0.717, 1.165) is 10.5 Å². The van der Waals surface area contributed by atoms with E-state index in [4.69, 9.17) is 5.73 Å². The Morgan fingerprint density at radius 1 is 1.50 bits per heavy atom. The minimum absolute atomic E-state index is 0.0707. The maximum Gasteiger partial charge on any atom is 0.352 e. The lowest BCUT2D eigenvalue weighted by molar-refractivity contribution is -0.697. The molecule has 6 nitrogen and oxygen atoms in total. The Morgan fingerprint density at radius 2 is 2.21 bits per heavy atom. The predicted molar refractivity (Wildman–Crippen MR) is 89.1 cm³/mol. The van der Waals surface area contributed by atoms with Crippen molar-refractivity contribution in [3.05, 3.63) is 35.8 Å². The number of carboxylic acid groups (broad SMARTS) is 1. The quantitative estimate of drug-likeness (QED) is 0.434. The van der Waals surface area contributed by atoms with Gasteiger partial charge in [0.2, 0.25) is 5.91 Å². The molecule has 2 aliphatic rings. The third-order valence-electron chi connectivity index (χ3n) is 3.91. The normalized spacial score (nSPS) is 23.1. The molecule has 0 aromatic carbocycles. The number of aliphatic carboxylic acids is 1. The van der Waals surface area contributed by atoms with E-state index in [9.17, 15) is 19.1 Å². The largest absolute Gasteiger partial charge is 0.477 e. The average Bonchev–Trinajstić information content (AvgIpc) is 2.59. The van der Waals surface area contributed by atoms with Gasteiger partial charge in [-0.25, -0.2) is 13.8 Å². The highest BCUT2D eigenvalue weighted by molar-refractivity contribution is 8.01. The zero-order valence-corrected chi connectivity index (χ0v) is 14.4. The summed E-state index contributed by atoms with van der Waals surface area (Å²) in [5.74, 6) is -0.400. The van der Waals surface area contributed by atoms with Crippen molar-refractivity contribution in [2.45, 2.75) is 22.9 Å². The maximum atomic E-state index is 12.3. The van der Waals surface area contributed by atoms with Gasteiger partial charge < -0.3 is 10.8 Å². The molecular formula is C15H17FN3O3S2+. The molecular weight excluding hydrogens is 353 g/mol. The Hall–Kier alpha value is -1.58. The first kappa shape index (κ1) is 17.2. The second-order valence-corrected chi connectivity index (χ2v) is 7.60. The number of aromatic nitrogens is 1. The molecule has 2 aliphatic heterocycles. The van der Waals surface area contributed by atoms with Gasteiger partial charge in [-0.15, -0.1) is 23.5 Å². The molecule has 0 spiro atoms. The summed E-state index contributed by atoms with van der Waals surface area (Å²) in [7, 11) is 0. The first-order chi connectivity index (χ1) is 11.5. The minimum atomic E-state index is -1.09. The van der Waals surface area contributed by atoms with Crippen LogP contribution >= 0.6 is 23.5 Å². The summed E-state index contributed by atoms with van der Waals surface area (Å²) in [5.41, 5.74) is 6.51. The maximum absolute atomic E-state index is 12.3. The summed E-state index contributed by atoms with van der Waals surface area (Å²) in [6.45, 7) is -0.106. The number of rotatable bonds is 6. The number of fused-ring (bicyclic) bond motifs is 1. The molecule has 2 atom stereocenters. The van der Waals surface area contributed by atoms with Gasteiger partial charge in [-0.05, 0) is 5.57 Å². The van der Waals surface area contributed by atoms with E-state index in [1.54, 1.807) is 17.0 Å². The lowest BCUT2D eigenvalue weighted by Gasteiger charge is -2.48. The predicted octanol–water partition coefficient (Wildman–Crippen LogP) is 0.617. The van der Waals surface area contributed by atoms with Crippen molar-refractivity contribution in [2.24, 2.45) is 5.73 Å². The Balaban J connectivity index is 1.73. The van der Waals surface area contributed by atoms with Crippen LogP contribution in [0.25, 0.3) is 0 Å². The highest BCUT2D eigenvalue weighted by atomic mass is 32.2. The van der Waals surface area contributed by atoms with Crippen molar-refractivity contribution in [1.29, 1.82) is 0 Å². The highest BCUT2D eigenvalue weighted by Crippen LogP contribution is 2.40. The highest BCUT2D eigenvalue weighted by Gasteiger charge is 2.51. The Kier molecular flexibility index (Phi) is 5.12. The first-order valence-corrected chi connectivity index (χ1v) is 9.40. The van der Waals surface area contributed by atoms with E-state index in [1.165, 1.54) is 28.4 Å². The van der Waals surface area contributed by atoms with E-state index in [-0.39, 0.29) is 17.0 Å². The van der Waals surface area contributed by atoms with E-state index < -0.39 is 18.7 Å². The molecule has 3 rings (SSSR count). The van der Waals surface area contributed by atoms with Gasteiger partial charge in [-0.1, -0.05) is 0 Å². The molecule has 24 heavy (non-hydrogen) atoms. The summed E-state index contributed by atoms with van der Waals surface area (Å²) >= 11 is 2.99. The molecule has 0 bridgehead atoms. The van der Waals surface area contributed by atoms with Gasteiger partial charge >= 0.3 is 5.97 Å². The summed E-state index contributed by atoms with van der Waals surface area (Å²) in [5, 5.41) is 9.21. The molecule has 3 heterocycles. The summed E-state index contributed by atoms with van der Waals surface area (Å²) in [4.78, 5) is 25.7. The van der Waals surface area contributed by atoms with Gasteiger partial charge in [0.25, 0.3) is 0 Å². The number of pyridine rings is 1. The van der Waals surface area contributed by atoms with E-state index in [0.29, 0.717) is 18.1 Å². The molecule has 3 N–H and O–H groups in total. The molecule has 1 fully saturated rings. The number of nitrogens with two attached hydrogens (primary N) is 1. The zero-order chi connectivity index (χ0) is 17.3. The van der Waals surface area contributed by atoms with Crippen molar-refractivity contribution in [2.75, 3.05) is 18.2 Å². The fourth-order valence-electron chi connectivity index (χ4n) is 2.65. The summed E-state index contributed by atoms with van der Waals surface area (Å²) < 4.78 is 14.0. The first-order valence-electron chi connectivity index (χ1n) is 7.36. The number of carbonyl (C=O) groups excluding carboxylic acids is 1. The van der Waals surface area contributed by atoms with Crippen molar-refractivity contribution < 1.29 is 23.7 Å². The van der Waals surface area contributed by atoms with Crippen molar-refractivity contribution in [3.8, 4) is 0 Å². The average molecular weight is 370 g/mol. The van der Waals surface area contributed by atoms with Crippen molar-refractivity contribution in [3.63, 3.8) is 0 Å². The molecule has 0 saturated carbocycles. The van der Waals surface area contributed by atoms with Crippen LogP contribution in [0.5, 0.6) is 0 Å². The molecule has 128 valence electrons. The van der Waals surface area contributed by atoms with Crippen LogP contribution in [0.3, 0.4) is 0 Å². The number of β-lactam (4-membered cyclic amide) rings is 1. The Morgan fingerprint density at radius 3 is 2.83 bits per heavy atom. The van der Waals surface area contributed by atoms with Crippen LogP contribution in [-0.4, -0.2) is 51.5 Å². The van der Waals surface area contributed by atoms with Gasteiger partial charge in [0.15, 0.2) is 18.9 Å². The number of carboxylic acids is 1. The van der Waals surface area contributed by atoms with Crippen LogP contribution in [0.4, 0.5) is 4.39 Å². The number of hydrogen-bond donors (Lipinski definition) is 2. The third kappa shape index (κ3) is 3.15. The standard InChI is InChI=1S/C15H16FN3O3S2/c16-3-6-18-4-1-10(2-5-18)23-7-9-8-24-14-11(17)13(20)19(14)12(9)15(21)22/h1-2,4-5,11,14H,3,6-8,17H2/p+1/t11?,14-/m0/s1. The number of nitrogens with zero attached hydrogens (tertiary/aromatic N) is 2. The summed E-state index contributed by atoms with van der Waals surface area (Å²) in [6, 6.07) is 3.12. The van der Waals surface area contributed by atoms with Crippen LogP contribution in [0.1, 0.15) is 0 Å². The van der Waals surface area contributed by atoms with Crippen LogP contribution < -0.4 is 10.3 Å². The molecule has 9 heteroatoms. The van der Waals surface area contributed by atoms with E-state index in [2.05, 4.69) is 0 Å². The number of amides is 1. The Bertz CT molecular complexity index is 696. The van der Waals surface area contributed by atoms with Crippen molar-refractivity contribution in [1.82, 2.24) is 4.90 Å². The van der Waals surface area contributed by atoms with Crippen LogP contribution in [0.2, 0.25) is 0 Å². The Labute approximate surface area is 146 Å². The fourth-order valence-corrected chi connectivity index (χ4v) is 4.96. The van der Waals surface area contributed by atoms with Gasteiger partial charge in [0, 0.05) is 28.5 Å². The summed E-state index contributed by atoms with van der Waals surface area (Å²) in [6.07, 6.45) is 3.58. The second-order valence-electron chi connectivity index (χ2n) is 5.44. The fraction of sp³-hybridized carbons (Fsp3) is 0.400. The SMILES string of the molecule is NC1C(=O)N2C(C(=O)O)=C(CSc3cc[n+](CCF)cc3)CS[C@@H]12. The number of alkyl halides is 1. The molecule has 1 aromatic heterocycles. The number of hydrogen-bond acceptors (Lipinski definition) is 5. The van der Waals surface area contributed by atoms with Crippen LogP contribution in [0, 0.1) is 0 Å². The smallest absolute Gasteiger partial charge is 0.352 e. The monoisotopic (exact) mass is 370 g/mol. The van der Waals surface area contributed by atoms with Gasteiger partial charge in [0.1, 0.15) is 23.8 Å². The van der Waals surface area contributed by atoms with E-state index >= 15 is 0 Å². The van der Waals surface area contributed by atoms with E-state index in [1.807, 2.05) is 12.1 Å². The number of thioether (sulfide) groups is 2. The van der Waals surface area contributed by atoms with Crippen LogP contribution in [0.15, 0.2) is 40.7 Å². The number of aryl methyl sites for hydroxylation is 1. The molecule has 0 radical (unpaired) electrons. The topological polar surface area (TPSA) is 87.5 Å². The molecule has 1 amide bonds. The lowest BCUT2D eigenvalue weighted by atomic mass is 10.0. The van der Waals surface area contributed by atoms with Gasteiger partial charge in [0.05, 0.1) is 0 Å². The molecule has 1 unspecified atom stereocenters. The zero-order valence-electron chi connectivity index (χ0n) is 12.7. The molecule has 1 aromatic rings. The molecule has 1 saturated heterocycles. The lowest BCUT2D eigenvalue weighted by Crippen LogP contribution is -2.68. The van der Waals surface area contributed by atoms with Crippen LogP contribution in [-0.2, 0) is 16.1 Å². The second kappa shape index (κ2) is 7.12. The number of carbonyl (C=O) groups is 2. The minimum Gasteiger partial charge on any atom is -0.477 e. The van der Waals surface area contributed by atoms with Gasteiger partial charge in [-0.3, -0.25) is 9.69 Å².